The fourth-order valence-electron chi connectivity index (χ4n) is 4.62. The molecule has 5 nitrogen and oxygen atoms in total. The van der Waals surface area contributed by atoms with Crippen molar-refractivity contribution in [3.8, 4) is 11.5 Å². The minimum atomic E-state index is -0.252. The highest BCUT2D eigenvalue weighted by Crippen LogP contribution is 2.40. The number of benzene rings is 3. The maximum absolute atomic E-state index is 13.9. The summed E-state index contributed by atoms with van der Waals surface area (Å²) in [6.45, 7) is 3.35. The molecule has 0 saturated heterocycles. The third-order valence-electron chi connectivity index (χ3n) is 6.17. The second kappa shape index (κ2) is 10.0. The summed E-state index contributed by atoms with van der Waals surface area (Å²) in [6, 6.07) is 19.6. The monoisotopic (exact) mass is 448 g/mol. The van der Waals surface area contributed by atoms with E-state index in [-0.39, 0.29) is 23.8 Å². The van der Waals surface area contributed by atoms with Gasteiger partial charge in [-0.1, -0.05) is 30.3 Å². The van der Waals surface area contributed by atoms with Gasteiger partial charge in [-0.05, 0) is 66.4 Å². The zero-order chi connectivity index (χ0) is 23.4. The molecule has 1 aliphatic rings. The van der Waals surface area contributed by atoms with Gasteiger partial charge in [0, 0.05) is 24.7 Å². The molecule has 0 spiro atoms. The zero-order valence-electron chi connectivity index (χ0n) is 19.2. The summed E-state index contributed by atoms with van der Waals surface area (Å²) in [5, 5.41) is 3.17. The quantitative estimate of drug-likeness (QED) is 0.566. The SMILES string of the molecule is COc1cc2c(cc1OC)[C@H]([C@@H](C)NC(=O)c1ccccc1)N(Cc1cccc(F)c1)CC2. The lowest BCUT2D eigenvalue weighted by molar-refractivity contribution is 0.0877. The van der Waals surface area contributed by atoms with Crippen LogP contribution in [0.25, 0.3) is 0 Å². The van der Waals surface area contributed by atoms with Crippen LogP contribution < -0.4 is 14.8 Å². The number of hydrogen-bond donors (Lipinski definition) is 1. The number of rotatable bonds is 7. The number of halogens is 1. The van der Waals surface area contributed by atoms with Crippen LogP contribution in [0.4, 0.5) is 4.39 Å². The smallest absolute Gasteiger partial charge is 0.251 e. The van der Waals surface area contributed by atoms with Gasteiger partial charge in [0.1, 0.15) is 5.82 Å². The summed E-state index contributed by atoms with van der Waals surface area (Å²) in [5.41, 5.74) is 3.75. The highest BCUT2D eigenvalue weighted by Gasteiger charge is 2.34. The molecular formula is C27H29FN2O3. The Morgan fingerprint density at radius 2 is 1.79 bits per heavy atom. The molecule has 0 unspecified atom stereocenters. The third kappa shape index (κ3) is 5.01. The van der Waals surface area contributed by atoms with Crippen molar-refractivity contribution in [3.63, 3.8) is 0 Å². The molecule has 3 aromatic carbocycles. The van der Waals surface area contributed by atoms with E-state index >= 15 is 0 Å². The summed E-state index contributed by atoms with van der Waals surface area (Å²) < 4.78 is 24.9. The molecule has 4 rings (SSSR count). The number of methoxy groups -OCH3 is 2. The molecule has 0 radical (unpaired) electrons. The van der Waals surface area contributed by atoms with Crippen LogP contribution in [-0.4, -0.2) is 37.6 Å². The molecule has 2 atom stereocenters. The van der Waals surface area contributed by atoms with Gasteiger partial charge in [0.25, 0.3) is 5.91 Å². The van der Waals surface area contributed by atoms with Crippen molar-refractivity contribution in [1.82, 2.24) is 10.2 Å². The van der Waals surface area contributed by atoms with Crippen molar-refractivity contribution in [2.24, 2.45) is 0 Å². The van der Waals surface area contributed by atoms with Crippen LogP contribution in [-0.2, 0) is 13.0 Å². The van der Waals surface area contributed by atoms with E-state index in [1.165, 1.54) is 6.07 Å². The Kier molecular flexibility index (Phi) is 6.94. The normalized spacial score (nSPS) is 16.5. The van der Waals surface area contributed by atoms with Gasteiger partial charge in [0.2, 0.25) is 0 Å². The first-order chi connectivity index (χ1) is 16.0. The van der Waals surface area contributed by atoms with Gasteiger partial charge in [-0.3, -0.25) is 9.69 Å². The number of fused-ring (bicyclic) bond motifs is 1. The molecule has 0 aromatic heterocycles. The highest BCUT2D eigenvalue weighted by atomic mass is 19.1. The Morgan fingerprint density at radius 1 is 1.06 bits per heavy atom. The van der Waals surface area contributed by atoms with Crippen LogP contribution in [0.3, 0.4) is 0 Å². The van der Waals surface area contributed by atoms with Crippen molar-refractivity contribution < 1.29 is 18.7 Å². The fourth-order valence-corrected chi connectivity index (χ4v) is 4.62. The molecule has 3 aromatic rings. The van der Waals surface area contributed by atoms with Crippen molar-refractivity contribution >= 4 is 5.91 Å². The number of nitrogens with one attached hydrogen (secondary N) is 1. The highest BCUT2D eigenvalue weighted by molar-refractivity contribution is 5.94. The van der Waals surface area contributed by atoms with Gasteiger partial charge in [0.15, 0.2) is 11.5 Å². The first kappa shape index (κ1) is 22.8. The summed E-state index contributed by atoms with van der Waals surface area (Å²) in [7, 11) is 3.25. The van der Waals surface area contributed by atoms with Gasteiger partial charge < -0.3 is 14.8 Å². The first-order valence-electron chi connectivity index (χ1n) is 11.1. The molecular weight excluding hydrogens is 419 g/mol. The van der Waals surface area contributed by atoms with Gasteiger partial charge in [-0.25, -0.2) is 4.39 Å². The van der Waals surface area contributed by atoms with E-state index in [1.807, 2.05) is 43.3 Å². The van der Waals surface area contributed by atoms with Crippen molar-refractivity contribution in [1.29, 1.82) is 0 Å². The Bertz CT molecular complexity index is 1120. The molecule has 0 bridgehead atoms. The molecule has 1 aliphatic heterocycles. The number of nitrogens with zero attached hydrogens (tertiary/aromatic N) is 1. The summed E-state index contributed by atoms with van der Waals surface area (Å²) in [5.74, 6) is 0.963. The Labute approximate surface area is 194 Å². The van der Waals surface area contributed by atoms with Crippen LogP contribution in [0.15, 0.2) is 66.7 Å². The summed E-state index contributed by atoms with van der Waals surface area (Å²) in [4.78, 5) is 15.2. The predicted molar refractivity (Wildman–Crippen MR) is 126 cm³/mol. The predicted octanol–water partition coefficient (Wildman–Crippen LogP) is 4.76. The molecule has 1 N–H and O–H groups in total. The second-order valence-corrected chi connectivity index (χ2v) is 8.33. The lowest BCUT2D eigenvalue weighted by Crippen LogP contribution is -2.47. The van der Waals surface area contributed by atoms with Gasteiger partial charge in [0.05, 0.1) is 20.3 Å². The van der Waals surface area contributed by atoms with Crippen LogP contribution in [0.1, 0.15) is 40.0 Å². The lowest BCUT2D eigenvalue weighted by Gasteiger charge is -2.41. The average molecular weight is 449 g/mol. The van der Waals surface area contributed by atoms with Crippen molar-refractivity contribution in [2.45, 2.75) is 32.0 Å². The molecule has 172 valence electrons. The van der Waals surface area contributed by atoms with Crippen LogP contribution in [0.2, 0.25) is 0 Å². The van der Waals surface area contributed by atoms with E-state index in [9.17, 15) is 9.18 Å². The average Bonchev–Trinajstić information content (AvgIpc) is 2.83. The molecule has 33 heavy (non-hydrogen) atoms. The Morgan fingerprint density at radius 3 is 2.48 bits per heavy atom. The maximum Gasteiger partial charge on any atom is 0.251 e. The third-order valence-corrected chi connectivity index (χ3v) is 6.17. The van der Waals surface area contributed by atoms with Crippen molar-refractivity contribution in [3.05, 3.63) is 94.8 Å². The molecule has 1 heterocycles. The van der Waals surface area contributed by atoms with E-state index in [1.54, 1.807) is 38.5 Å². The van der Waals surface area contributed by atoms with E-state index < -0.39 is 0 Å². The molecule has 1 amide bonds. The van der Waals surface area contributed by atoms with E-state index in [0.29, 0.717) is 23.6 Å². The van der Waals surface area contributed by atoms with Gasteiger partial charge in [-0.15, -0.1) is 0 Å². The van der Waals surface area contributed by atoms with Gasteiger partial charge >= 0.3 is 0 Å². The topological polar surface area (TPSA) is 50.8 Å². The minimum absolute atomic E-state index is 0.121. The minimum Gasteiger partial charge on any atom is -0.493 e. The van der Waals surface area contributed by atoms with Crippen molar-refractivity contribution in [2.75, 3.05) is 20.8 Å². The molecule has 6 heteroatoms. The van der Waals surface area contributed by atoms with Gasteiger partial charge in [-0.2, -0.15) is 0 Å². The summed E-state index contributed by atoms with van der Waals surface area (Å²) >= 11 is 0. The molecule has 0 saturated carbocycles. The number of carbonyl (C=O) groups is 1. The number of ether oxygens (including phenoxy) is 2. The van der Waals surface area contributed by atoms with E-state index in [0.717, 1.165) is 29.7 Å². The van der Waals surface area contributed by atoms with Crippen LogP contribution in [0, 0.1) is 5.82 Å². The fraction of sp³-hybridized carbons (Fsp3) is 0.296. The van der Waals surface area contributed by atoms with Crippen LogP contribution >= 0.6 is 0 Å². The van der Waals surface area contributed by atoms with Crippen LogP contribution in [0.5, 0.6) is 11.5 Å². The zero-order valence-corrected chi connectivity index (χ0v) is 19.2. The largest absolute Gasteiger partial charge is 0.493 e. The Hall–Kier alpha value is -3.38. The molecule has 0 aliphatic carbocycles. The Balaban J connectivity index is 1.69. The number of carbonyl (C=O) groups excluding carboxylic acids is 1. The lowest BCUT2D eigenvalue weighted by atomic mass is 9.87. The summed E-state index contributed by atoms with van der Waals surface area (Å²) in [6.07, 6.45) is 0.820. The first-order valence-corrected chi connectivity index (χ1v) is 11.1. The standard InChI is InChI=1S/C27H29FN2O3/c1-18(29-27(31)20-9-5-4-6-10-20)26-23-16-25(33-3)24(32-2)15-21(23)12-13-30(26)17-19-8-7-11-22(28)14-19/h4-11,14-16,18,26H,12-13,17H2,1-3H3,(H,29,31)/t18-,26+/m1/s1. The van der Waals surface area contributed by atoms with E-state index in [2.05, 4.69) is 10.2 Å². The number of hydrogen-bond acceptors (Lipinski definition) is 4. The maximum atomic E-state index is 13.9. The number of amides is 1. The second-order valence-electron chi connectivity index (χ2n) is 8.33. The van der Waals surface area contributed by atoms with E-state index in [4.69, 9.17) is 9.47 Å². The molecule has 0 fully saturated rings.